The number of halogens is 2. The number of carbonyl (C=O) groups excluding carboxylic acids is 2. The molecule has 0 saturated carbocycles. The minimum Gasteiger partial charge on any atom is -0.381 e. The third-order valence-electron chi connectivity index (χ3n) is 5.72. The number of nitrogens with one attached hydrogen (secondary N) is 2. The standard InChI is InChI=1S/C22H24F2N4O3/c1-13-2-3-17(23)16(20(13)24)10-27-22(30)15-8-18-21(25-9-15)26-11-19(29)28(18)12-14-4-6-31-7-5-14/h2-3,8-9,14H,4-7,10-12H2,1H3,(H,25,26)(H,27,30). The van der Waals surface area contributed by atoms with Crippen LogP contribution in [0, 0.1) is 24.5 Å². The molecule has 2 amide bonds. The summed E-state index contributed by atoms with van der Waals surface area (Å²) >= 11 is 0. The minimum atomic E-state index is -0.718. The average molecular weight is 430 g/mol. The predicted octanol–water partition coefficient (Wildman–Crippen LogP) is 2.78. The molecule has 0 radical (unpaired) electrons. The summed E-state index contributed by atoms with van der Waals surface area (Å²) < 4.78 is 33.5. The molecule has 7 nitrogen and oxygen atoms in total. The largest absolute Gasteiger partial charge is 0.381 e. The number of carbonyl (C=O) groups is 2. The Hall–Kier alpha value is -3.07. The fraction of sp³-hybridized carbons (Fsp3) is 0.409. The van der Waals surface area contributed by atoms with Gasteiger partial charge in [-0.2, -0.15) is 0 Å². The minimum absolute atomic E-state index is 0.0951. The highest BCUT2D eigenvalue weighted by molar-refractivity contribution is 6.04. The number of aryl methyl sites for hydroxylation is 1. The first-order valence-corrected chi connectivity index (χ1v) is 10.3. The van der Waals surface area contributed by atoms with Crippen LogP contribution in [-0.2, 0) is 16.1 Å². The fourth-order valence-electron chi connectivity index (χ4n) is 3.84. The second-order valence-corrected chi connectivity index (χ2v) is 7.84. The summed E-state index contributed by atoms with van der Waals surface area (Å²) in [6.45, 7) is 3.25. The lowest BCUT2D eigenvalue weighted by molar-refractivity contribution is -0.117. The maximum atomic E-state index is 14.2. The molecule has 2 aromatic rings. The molecule has 3 heterocycles. The van der Waals surface area contributed by atoms with Crippen molar-refractivity contribution < 1.29 is 23.1 Å². The van der Waals surface area contributed by atoms with E-state index in [0.29, 0.717) is 42.7 Å². The van der Waals surface area contributed by atoms with Crippen molar-refractivity contribution >= 4 is 23.3 Å². The molecule has 164 valence electrons. The molecule has 2 aliphatic heterocycles. The topological polar surface area (TPSA) is 83.6 Å². The van der Waals surface area contributed by atoms with E-state index in [2.05, 4.69) is 15.6 Å². The average Bonchev–Trinajstić information content (AvgIpc) is 2.78. The summed E-state index contributed by atoms with van der Waals surface area (Å²) in [5.41, 5.74) is 0.843. The van der Waals surface area contributed by atoms with Crippen molar-refractivity contribution in [3.8, 4) is 0 Å². The van der Waals surface area contributed by atoms with Gasteiger partial charge in [0, 0.05) is 38.1 Å². The fourth-order valence-corrected chi connectivity index (χ4v) is 3.84. The van der Waals surface area contributed by atoms with Gasteiger partial charge in [0.05, 0.1) is 17.8 Å². The lowest BCUT2D eigenvalue weighted by atomic mass is 9.99. The number of anilines is 2. The Bertz CT molecular complexity index is 1010. The van der Waals surface area contributed by atoms with Crippen molar-refractivity contribution in [3.05, 3.63) is 52.7 Å². The van der Waals surface area contributed by atoms with Crippen molar-refractivity contribution in [1.29, 1.82) is 0 Å². The Morgan fingerprint density at radius 3 is 2.87 bits per heavy atom. The molecular formula is C22H24F2N4O3. The molecule has 1 fully saturated rings. The molecule has 0 aliphatic carbocycles. The number of ether oxygens (including phenoxy) is 1. The molecule has 31 heavy (non-hydrogen) atoms. The molecule has 0 spiro atoms. The lowest BCUT2D eigenvalue weighted by Crippen LogP contribution is -2.44. The molecule has 0 atom stereocenters. The highest BCUT2D eigenvalue weighted by atomic mass is 19.1. The van der Waals surface area contributed by atoms with Crippen molar-refractivity contribution in [1.82, 2.24) is 10.3 Å². The predicted molar refractivity (Wildman–Crippen MR) is 111 cm³/mol. The summed E-state index contributed by atoms with van der Waals surface area (Å²) in [7, 11) is 0. The second kappa shape index (κ2) is 8.97. The third kappa shape index (κ3) is 4.51. The van der Waals surface area contributed by atoms with Crippen molar-refractivity contribution in [3.63, 3.8) is 0 Å². The Balaban J connectivity index is 1.52. The van der Waals surface area contributed by atoms with Crippen LogP contribution in [0.3, 0.4) is 0 Å². The monoisotopic (exact) mass is 430 g/mol. The smallest absolute Gasteiger partial charge is 0.253 e. The van der Waals surface area contributed by atoms with Gasteiger partial charge in [0.1, 0.15) is 17.5 Å². The first kappa shape index (κ1) is 21.2. The van der Waals surface area contributed by atoms with E-state index in [1.54, 1.807) is 11.0 Å². The van der Waals surface area contributed by atoms with Crippen molar-refractivity contribution in [2.45, 2.75) is 26.3 Å². The van der Waals surface area contributed by atoms with Gasteiger partial charge in [0.2, 0.25) is 5.91 Å². The van der Waals surface area contributed by atoms with Crippen molar-refractivity contribution in [2.24, 2.45) is 5.92 Å². The zero-order chi connectivity index (χ0) is 22.0. The number of aromatic nitrogens is 1. The van der Waals surface area contributed by atoms with E-state index in [1.807, 2.05) is 0 Å². The summed E-state index contributed by atoms with van der Waals surface area (Å²) in [4.78, 5) is 31.1. The van der Waals surface area contributed by atoms with E-state index in [0.717, 1.165) is 12.8 Å². The van der Waals surface area contributed by atoms with Gasteiger partial charge in [-0.05, 0) is 43.4 Å². The molecule has 1 saturated heterocycles. The summed E-state index contributed by atoms with van der Waals surface area (Å²) in [5.74, 6) is -1.18. The van der Waals surface area contributed by atoms with Crippen molar-refractivity contribution in [2.75, 3.05) is 36.5 Å². The number of benzene rings is 1. The second-order valence-electron chi connectivity index (χ2n) is 7.84. The maximum absolute atomic E-state index is 14.2. The van der Waals surface area contributed by atoms with Crippen LogP contribution in [0.15, 0.2) is 24.4 Å². The van der Waals surface area contributed by atoms with Gasteiger partial charge < -0.3 is 20.3 Å². The van der Waals surface area contributed by atoms with E-state index >= 15 is 0 Å². The Morgan fingerprint density at radius 1 is 1.32 bits per heavy atom. The number of rotatable bonds is 5. The quantitative estimate of drug-likeness (QED) is 0.762. The van der Waals surface area contributed by atoms with Gasteiger partial charge in [-0.25, -0.2) is 13.8 Å². The van der Waals surface area contributed by atoms with Gasteiger partial charge in [0.25, 0.3) is 5.91 Å². The van der Waals surface area contributed by atoms with Crippen LogP contribution in [0.1, 0.15) is 34.3 Å². The third-order valence-corrected chi connectivity index (χ3v) is 5.72. The van der Waals surface area contributed by atoms with E-state index < -0.39 is 17.5 Å². The number of pyridine rings is 1. The number of hydrogen-bond donors (Lipinski definition) is 2. The highest BCUT2D eigenvalue weighted by Crippen LogP contribution is 2.30. The van der Waals surface area contributed by atoms with Crippen LogP contribution >= 0.6 is 0 Å². The zero-order valence-electron chi connectivity index (χ0n) is 17.2. The molecule has 9 heteroatoms. The number of amides is 2. The Morgan fingerprint density at radius 2 is 2.10 bits per heavy atom. The van der Waals surface area contributed by atoms with E-state index in [9.17, 15) is 18.4 Å². The highest BCUT2D eigenvalue weighted by Gasteiger charge is 2.29. The van der Waals surface area contributed by atoms with Crippen LogP contribution in [0.4, 0.5) is 20.3 Å². The zero-order valence-corrected chi connectivity index (χ0v) is 17.2. The van der Waals surface area contributed by atoms with Crippen LogP contribution < -0.4 is 15.5 Å². The van der Waals surface area contributed by atoms with Gasteiger partial charge in [-0.1, -0.05) is 6.07 Å². The molecule has 0 unspecified atom stereocenters. The van der Waals surface area contributed by atoms with E-state index in [1.165, 1.54) is 25.3 Å². The number of nitrogens with zero attached hydrogens (tertiary/aromatic N) is 2. The Labute approximate surface area is 178 Å². The van der Waals surface area contributed by atoms with Gasteiger partial charge in [-0.3, -0.25) is 9.59 Å². The van der Waals surface area contributed by atoms with Crippen LogP contribution in [0.25, 0.3) is 0 Å². The van der Waals surface area contributed by atoms with Gasteiger partial charge >= 0.3 is 0 Å². The van der Waals surface area contributed by atoms with E-state index in [-0.39, 0.29) is 30.1 Å². The molecule has 1 aromatic heterocycles. The Kier molecular flexibility index (Phi) is 6.13. The maximum Gasteiger partial charge on any atom is 0.253 e. The number of hydrogen-bond acceptors (Lipinski definition) is 5. The van der Waals surface area contributed by atoms with Gasteiger partial charge in [0.15, 0.2) is 0 Å². The van der Waals surface area contributed by atoms with Gasteiger partial charge in [-0.15, -0.1) is 0 Å². The lowest BCUT2D eigenvalue weighted by Gasteiger charge is -2.33. The van der Waals surface area contributed by atoms with Crippen LogP contribution in [0.2, 0.25) is 0 Å². The molecular weight excluding hydrogens is 406 g/mol. The van der Waals surface area contributed by atoms with Crippen LogP contribution in [0.5, 0.6) is 0 Å². The normalized spacial score (nSPS) is 16.6. The first-order valence-electron chi connectivity index (χ1n) is 10.3. The van der Waals surface area contributed by atoms with E-state index in [4.69, 9.17) is 4.74 Å². The summed E-state index contributed by atoms with van der Waals surface area (Å²) in [5, 5.41) is 5.51. The summed E-state index contributed by atoms with van der Waals surface area (Å²) in [6, 6.07) is 4.11. The molecule has 0 bridgehead atoms. The van der Waals surface area contributed by atoms with Crippen LogP contribution in [-0.4, -0.2) is 43.1 Å². The first-order chi connectivity index (χ1) is 14.9. The molecule has 2 N–H and O–H groups in total. The number of fused-ring (bicyclic) bond motifs is 1. The molecule has 1 aromatic carbocycles. The summed E-state index contributed by atoms with van der Waals surface area (Å²) in [6.07, 6.45) is 3.12. The molecule has 2 aliphatic rings. The SMILES string of the molecule is Cc1ccc(F)c(CNC(=O)c2cnc3c(c2)N(CC2CCOCC2)C(=O)CN3)c1F. The molecule has 4 rings (SSSR count).